The highest BCUT2D eigenvalue weighted by atomic mass is 16.5. The van der Waals surface area contributed by atoms with Crippen molar-refractivity contribution in [2.75, 3.05) is 18.5 Å². The Morgan fingerprint density at radius 1 is 1.07 bits per heavy atom. The molecule has 0 aliphatic heterocycles. The predicted octanol–water partition coefficient (Wildman–Crippen LogP) is 2.38. The molecule has 2 rings (SSSR count). The summed E-state index contributed by atoms with van der Waals surface area (Å²) in [6, 6.07) is 14.3. The fourth-order valence-corrected chi connectivity index (χ4v) is 2.41. The predicted molar refractivity (Wildman–Crippen MR) is 115 cm³/mol. The van der Waals surface area contributed by atoms with Crippen LogP contribution in [0.5, 0.6) is 5.75 Å². The molecule has 0 fully saturated rings. The molecule has 0 saturated heterocycles. The number of nitrogens with one attached hydrogen (secondary N) is 3. The lowest BCUT2D eigenvalue weighted by molar-refractivity contribution is -0.139. The van der Waals surface area contributed by atoms with E-state index in [0.29, 0.717) is 17.9 Å². The van der Waals surface area contributed by atoms with E-state index in [0.717, 1.165) is 24.1 Å². The molecule has 0 spiro atoms. The summed E-state index contributed by atoms with van der Waals surface area (Å²) < 4.78 is 5.52. The molecular formula is C22H26N4O4. The second-order valence-corrected chi connectivity index (χ2v) is 6.53. The highest BCUT2D eigenvalue weighted by Gasteiger charge is 2.11. The summed E-state index contributed by atoms with van der Waals surface area (Å²) in [6.07, 6.45) is 3.11. The average molecular weight is 410 g/mol. The number of hydrogen-bond donors (Lipinski definition) is 3. The molecule has 0 radical (unpaired) electrons. The number of nitrogens with zero attached hydrogens (tertiary/aromatic N) is 1. The Bertz CT molecular complexity index is 912. The van der Waals surface area contributed by atoms with Crippen LogP contribution in [-0.4, -0.2) is 37.1 Å². The molecule has 3 N–H and O–H groups in total. The van der Waals surface area contributed by atoms with Crippen LogP contribution < -0.4 is 20.8 Å². The van der Waals surface area contributed by atoms with Gasteiger partial charge in [-0.05, 0) is 42.7 Å². The summed E-state index contributed by atoms with van der Waals surface area (Å²) in [5.74, 6) is -1.35. The fraction of sp³-hybridized carbons (Fsp3) is 0.273. The Labute approximate surface area is 175 Å². The van der Waals surface area contributed by atoms with Gasteiger partial charge in [0.1, 0.15) is 5.75 Å². The zero-order valence-corrected chi connectivity index (χ0v) is 17.1. The number of unbranched alkanes of at least 4 members (excludes halogenated alkanes) is 1. The standard InChI is InChI=1S/C22H26N4O4/c1-3-4-12-23-21(28)22(29)26-24-14-17-9-7-10-18(13-17)30-15-20(27)25-19-11-6-5-8-16(19)2/h5-11,13-14H,3-4,12,15H2,1-2H3,(H,23,28)(H,25,27)(H,26,29)/b24-14-. The maximum atomic E-state index is 12.1. The second kappa shape index (κ2) is 12.0. The van der Waals surface area contributed by atoms with E-state index >= 15 is 0 Å². The number of carbonyl (C=O) groups excluding carboxylic acids is 3. The Kier molecular flexibility index (Phi) is 9.05. The minimum atomic E-state index is -0.831. The second-order valence-electron chi connectivity index (χ2n) is 6.53. The van der Waals surface area contributed by atoms with E-state index in [-0.39, 0.29) is 12.5 Å². The number of rotatable bonds is 9. The SMILES string of the molecule is CCCCNC(=O)C(=O)N/N=C\c1cccc(OCC(=O)Nc2ccccc2C)c1. The van der Waals surface area contributed by atoms with E-state index in [2.05, 4.69) is 21.2 Å². The van der Waals surface area contributed by atoms with Gasteiger partial charge in [-0.3, -0.25) is 14.4 Å². The monoisotopic (exact) mass is 410 g/mol. The number of benzene rings is 2. The van der Waals surface area contributed by atoms with Crippen molar-refractivity contribution < 1.29 is 19.1 Å². The van der Waals surface area contributed by atoms with Gasteiger partial charge < -0.3 is 15.4 Å². The highest BCUT2D eigenvalue weighted by Crippen LogP contribution is 2.14. The number of hydrazone groups is 1. The van der Waals surface area contributed by atoms with Crippen molar-refractivity contribution in [1.82, 2.24) is 10.7 Å². The first-order chi connectivity index (χ1) is 14.5. The van der Waals surface area contributed by atoms with Crippen LogP contribution in [0.3, 0.4) is 0 Å². The summed E-state index contributed by atoms with van der Waals surface area (Å²) in [5.41, 5.74) is 4.51. The molecule has 0 saturated carbocycles. The molecule has 2 aromatic rings. The Hall–Kier alpha value is -3.68. The number of ether oxygens (including phenoxy) is 1. The molecule has 30 heavy (non-hydrogen) atoms. The van der Waals surface area contributed by atoms with Crippen LogP contribution in [0.25, 0.3) is 0 Å². The van der Waals surface area contributed by atoms with Crippen molar-refractivity contribution in [1.29, 1.82) is 0 Å². The zero-order valence-electron chi connectivity index (χ0n) is 17.1. The molecule has 0 aliphatic rings. The van der Waals surface area contributed by atoms with Crippen LogP contribution >= 0.6 is 0 Å². The summed E-state index contributed by atoms with van der Waals surface area (Å²) >= 11 is 0. The van der Waals surface area contributed by atoms with Gasteiger partial charge in [-0.2, -0.15) is 5.10 Å². The Balaban J connectivity index is 1.82. The lowest BCUT2D eigenvalue weighted by atomic mass is 10.2. The lowest BCUT2D eigenvalue weighted by Crippen LogP contribution is -2.38. The minimum Gasteiger partial charge on any atom is -0.484 e. The van der Waals surface area contributed by atoms with E-state index in [1.165, 1.54) is 6.21 Å². The van der Waals surface area contributed by atoms with Crippen LogP contribution in [0, 0.1) is 6.92 Å². The Morgan fingerprint density at radius 2 is 1.87 bits per heavy atom. The van der Waals surface area contributed by atoms with Crippen molar-refractivity contribution >= 4 is 29.6 Å². The fourth-order valence-electron chi connectivity index (χ4n) is 2.41. The van der Waals surface area contributed by atoms with Gasteiger partial charge in [0.2, 0.25) is 0 Å². The topological polar surface area (TPSA) is 109 Å². The molecule has 0 atom stereocenters. The molecule has 0 aromatic heterocycles. The van der Waals surface area contributed by atoms with Crippen molar-refractivity contribution in [2.24, 2.45) is 5.10 Å². The largest absolute Gasteiger partial charge is 0.484 e. The van der Waals surface area contributed by atoms with Gasteiger partial charge in [-0.15, -0.1) is 0 Å². The van der Waals surface area contributed by atoms with Gasteiger partial charge >= 0.3 is 11.8 Å². The van der Waals surface area contributed by atoms with E-state index in [1.54, 1.807) is 24.3 Å². The third-order valence-corrected chi connectivity index (χ3v) is 4.05. The highest BCUT2D eigenvalue weighted by molar-refractivity contribution is 6.35. The van der Waals surface area contributed by atoms with Gasteiger partial charge in [0, 0.05) is 12.2 Å². The molecule has 2 aromatic carbocycles. The third-order valence-electron chi connectivity index (χ3n) is 4.05. The van der Waals surface area contributed by atoms with E-state index in [9.17, 15) is 14.4 Å². The van der Waals surface area contributed by atoms with Crippen LogP contribution in [0.1, 0.15) is 30.9 Å². The lowest BCUT2D eigenvalue weighted by Gasteiger charge is -2.09. The summed E-state index contributed by atoms with van der Waals surface area (Å²) in [6.45, 7) is 4.20. The van der Waals surface area contributed by atoms with Gasteiger partial charge in [-0.1, -0.05) is 43.7 Å². The number of amides is 3. The van der Waals surface area contributed by atoms with Crippen molar-refractivity contribution in [3.63, 3.8) is 0 Å². The summed E-state index contributed by atoms with van der Waals surface area (Å²) in [7, 11) is 0. The number of carbonyl (C=O) groups is 3. The molecule has 3 amide bonds. The van der Waals surface area contributed by atoms with Gasteiger partial charge in [0.25, 0.3) is 5.91 Å². The van der Waals surface area contributed by atoms with Crippen LogP contribution in [-0.2, 0) is 14.4 Å². The first-order valence-electron chi connectivity index (χ1n) is 9.69. The molecule has 0 unspecified atom stereocenters. The molecular weight excluding hydrogens is 384 g/mol. The third kappa shape index (κ3) is 7.75. The van der Waals surface area contributed by atoms with Gasteiger partial charge in [0.05, 0.1) is 6.21 Å². The van der Waals surface area contributed by atoms with Gasteiger partial charge in [0.15, 0.2) is 6.61 Å². The first kappa shape index (κ1) is 22.6. The summed E-state index contributed by atoms with van der Waals surface area (Å²) in [5, 5.41) is 9.07. The normalized spacial score (nSPS) is 10.5. The maximum Gasteiger partial charge on any atom is 0.329 e. The molecule has 8 nitrogen and oxygen atoms in total. The summed E-state index contributed by atoms with van der Waals surface area (Å²) in [4.78, 5) is 35.3. The number of aryl methyl sites for hydroxylation is 1. The maximum absolute atomic E-state index is 12.1. The van der Waals surface area contributed by atoms with E-state index < -0.39 is 11.8 Å². The van der Waals surface area contributed by atoms with Crippen molar-refractivity contribution in [3.05, 3.63) is 59.7 Å². The number of para-hydroxylation sites is 1. The average Bonchev–Trinajstić information content (AvgIpc) is 2.74. The molecule has 0 aliphatic carbocycles. The first-order valence-corrected chi connectivity index (χ1v) is 9.69. The van der Waals surface area contributed by atoms with E-state index in [4.69, 9.17) is 4.74 Å². The van der Waals surface area contributed by atoms with Crippen molar-refractivity contribution in [3.8, 4) is 5.75 Å². The number of anilines is 1. The minimum absolute atomic E-state index is 0.149. The van der Waals surface area contributed by atoms with E-state index in [1.807, 2.05) is 38.1 Å². The van der Waals surface area contributed by atoms with Gasteiger partial charge in [-0.25, -0.2) is 5.43 Å². The Morgan fingerprint density at radius 3 is 2.63 bits per heavy atom. The van der Waals surface area contributed by atoms with Crippen LogP contribution in [0.15, 0.2) is 53.6 Å². The molecule has 8 heteroatoms. The zero-order chi connectivity index (χ0) is 21.8. The number of hydrogen-bond acceptors (Lipinski definition) is 5. The smallest absolute Gasteiger partial charge is 0.329 e. The molecule has 158 valence electrons. The van der Waals surface area contributed by atoms with Crippen LogP contribution in [0.4, 0.5) is 5.69 Å². The quantitative estimate of drug-likeness (QED) is 0.255. The molecule has 0 bridgehead atoms. The van der Waals surface area contributed by atoms with Crippen LogP contribution in [0.2, 0.25) is 0 Å². The van der Waals surface area contributed by atoms with Crippen molar-refractivity contribution in [2.45, 2.75) is 26.7 Å². The molecule has 0 heterocycles.